The van der Waals surface area contributed by atoms with Gasteiger partial charge in [0.15, 0.2) is 0 Å². The molecule has 1 aliphatic carbocycles. The highest BCUT2D eigenvalue weighted by molar-refractivity contribution is 5.62. The fourth-order valence-corrected chi connectivity index (χ4v) is 2.31. The van der Waals surface area contributed by atoms with Crippen molar-refractivity contribution in [1.29, 1.82) is 5.26 Å². The van der Waals surface area contributed by atoms with E-state index in [0.29, 0.717) is 11.4 Å². The van der Waals surface area contributed by atoms with E-state index in [2.05, 4.69) is 26.3 Å². The molecule has 0 spiro atoms. The highest BCUT2D eigenvalue weighted by Gasteiger charge is 2.15. The number of hydrogen-bond donors (Lipinski definition) is 1. The van der Waals surface area contributed by atoms with E-state index >= 15 is 0 Å². The SMILES string of the molecule is N#Cc1cc2c(nc1Nc1cncnc1)CCCC2. The summed E-state index contributed by atoms with van der Waals surface area (Å²) >= 11 is 0. The van der Waals surface area contributed by atoms with Crippen LogP contribution in [0.15, 0.2) is 24.8 Å². The molecule has 5 heteroatoms. The van der Waals surface area contributed by atoms with Crippen LogP contribution in [0.3, 0.4) is 0 Å². The first-order chi connectivity index (χ1) is 9.36. The zero-order valence-electron chi connectivity index (χ0n) is 10.4. The van der Waals surface area contributed by atoms with Gasteiger partial charge >= 0.3 is 0 Å². The van der Waals surface area contributed by atoms with E-state index in [1.165, 1.54) is 24.7 Å². The van der Waals surface area contributed by atoms with Crippen LogP contribution < -0.4 is 5.32 Å². The van der Waals surface area contributed by atoms with Crippen LogP contribution >= 0.6 is 0 Å². The second-order valence-electron chi connectivity index (χ2n) is 4.56. The molecule has 1 N–H and O–H groups in total. The molecule has 0 aliphatic heterocycles. The minimum absolute atomic E-state index is 0.574. The number of hydrogen-bond acceptors (Lipinski definition) is 5. The lowest BCUT2D eigenvalue weighted by Crippen LogP contribution is -2.09. The van der Waals surface area contributed by atoms with E-state index in [4.69, 9.17) is 0 Å². The first kappa shape index (κ1) is 11.6. The van der Waals surface area contributed by atoms with Gasteiger partial charge in [0.25, 0.3) is 0 Å². The van der Waals surface area contributed by atoms with Crippen molar-refractivity contribution in [2.45, 2.75) is 25.7 Å². The van der Waals surface area contributed by atoms with Gasteiger partial charge < -0.3 is 5.32 Å². The van der Waals surface area contributed by atoms with Crippen molar-refractivity contribution in [3.63, 3.8) is 0 Å². The van der Waals surface area contributed by atoms with Gasteiger partial charge in [-0.1, -0.05) is 0 Å². The zero-order valence-corrected chi connectivity index (χ0v) is 10.4. The van der Waals surface area contributed by atoms with Crippen LogP contribution in [0.5, 0.6) is 0 Å². The van der Waals surface area contributed by atoms with E-state index in [-0.39, 0.29) is 0 Å². The molecule has 3 rings (SSSR count). The molecule has 2 heterocycles. The summed E-state index contributed by atoms with van der Waals surface area (Å²) in [5.74, 6) is 0.595. The lowest BCUT2D eigenvalue weighted by molar-refractivity contribution is 0.668. The Morgan fingerprint density at radius 1 is 1.16 bits per heavy atom. The summed E-state index contributed by atoms with van der Waals surface area (Å²) in [6.45, 7) is 0. The molecule has 0 radical (unpaired) electrons. The number of nitrogens with zero attached hydrogens (tertiary/aromatic N) is 4. The van der Waals surface area contributed by atoms with Crippen molar-refractivity contribution < 1.29 is 0 Å². The molecule has 0 bridgehead atoms. The molecule has 94 valence electrons. The van der Waals surface area contributed by atoms with E-state index < -0.39 is 0 Å². The van der Waals surface area contributed by atoms with Gasteiger partial charge in [0, 0.05) is 5.69 Å². The minimum atomic E-state index is 0.574. The number of pyridine rings is 1. The van der Waals surface area contributed by atoms with E-state index in [1.54, 1.807) is 12.4 Å². The Morgan fingerprint density at radius 3 is 2.74 bits per heavy atom. The van der Waals surface area contributed by atoms with Gasteiger partial charge in [0.05, 0.1) is 23.6 Å². The average molecular weight is 251 g/mol. The Hall–Kier alpha value is -2.48. The van der Waals surface area contributed by atoms with Gasteiger partial charge in [-0.25, -0.2) is 15.0 Å². The highest BCUT2D eigenvalue weighted by Crippen LogP contribution is 2.25. The van der Waals surface area contributed by atoms with Crippen LogP contribution in [0, 0.1) is 11.3 Å². The molecule has 2 aromatic heterocycles. The minimum Gasteiger partial charge on any atom is -0.337 e. The molecule has 0 atom stereocenters. The van der Waals surface area contributed by atoms with Crippen LogP contribution in [0.2, 0.25) is 0 Å². The average Bonchev–Trinajstić information content (AvgIpc) is 2.47. The summed E-state index contributed by atoms with van der Waals surface area (Å²) in [5, 5.41) is 12.4. The van der Waals surface area contributed by atoms with Crippen molar-refractivity contribution in [2.75, 3.05) is 5.32 Å². The van der Waals surface area contributed by atoms with E-state index in [1.807, 2.05) is 6.07 Å². The quantitative estimate of drug-likeness (QED) is 0.886. The Morgan fingerprint density at radius 2 is 1.95 bits per heavy atom. The van der Waals surface area contributed by atoms with Gasteiger partial charge in [-0.2, -0.15) is 5.26 Å². The molecule has 0 amide bonds. The Bertz CT molecular complexity index is 630. The number of rotatable bonds is 2. The van der Waals surface area contributed by atoms with Crippen LogP contribution in [0.1, 0.15) is 29.7 Å². The fourth-order valence-electron chi connectivity index (χ4n) is 2.31. The monoisotopic (exact) mass is 251 g/mol. The largest absolute Gasteiger partial charge is 0.337 e. The normalized spacial score (nSPS) is 13.4. The third-order valence-corrected chi connectivity index (χ3v) is 3.24. The van der Waals surface area contributed by atoms with Gasteiger partial charge in [-0.3, -0.25) is 0 Å². The number of nitriles is 1. The second kappa shape index (κ2) is 5.02. The molecular weight excluding hydrogens is 238 g/mol. The van der Waals surface area contributed by atoms with Gasteiger partial charge in [-0.05, 0) is 37.3 Å². The lowest BCUT2D eigenvalue weighted by Gasteiger charge is -2.17. The van der Waals surface area contributed by atoms with E-state index in [9.17, 15) is 5.26 Å². The van der Waals surface area contributed by atoms with Crippen molar-refractivity contribution >= 4 is 11.5 Å². The number of aryl methyl sites for hydroxylation is 2. The Balaban J connectivity index is 1.98. The van der Waals surface area contributed by atoms with Crippen LogP contribution in [-0.4, -0.2) is 15.0 Å². The standard InChI is InChI=1S/C14H13N5/c15-6-11-5-10-3-1-2-4-13(10)19-14(11)18-12-7-16-9-17-8-12/h5,7-9H,1-4H2,(H,18,19). The predicted octanol–water partition coefficient (Wildman–Crippen LogP) is 2.37. The molecule has 0 saturated carbocycles. The highest BCUT2D eigenvalue weighted by atomic mass is 15.0. The third kappa shape index (κ3) is 2.38. The molecular formula is C14H13N5. The lowest BCUT2D eigenvalue weighted by atomic mass is 9.95. The molecule has 0 unspecified atom stereocenters. The first-order valence-electron chi connectivity index (χ1n) is 6.32. The van der Waals surface area contributed by atoms with Crippen molar-refractivity contribution in [3.8, 4) is 6.07 Å². The number of anilines is 2. The van der Waals surface area contributed by atoms with Crippen molar-refractivity contribution in [2.24, 2.45) is 0 Å². The summed E-state index contributed by atoms with van der Waals surface area (Å²) in [7, 11) is 0. The number of nitrogens with one attached hydrogen (secondary N) is 1. The maximum Gasteiger partial charge on any atom is 0.148 e. The molecule has 2 aromatic rings. The summed E-state index contributed by atoms with van der Waals surface area (Å²) in [6, 6.07) is 4.15. The summed E-state index contributed by atoms with van der Waals surface area (Å²) in [5.41, 5.74) is 3.62. The Kier molecular flexibility index (Phi) is 3.07. The molecule has 5 nitrogen and oxygen atoms in total. The number of aromatic nitrogens is 3. The van der Waals surface area contributed by atoms with Crippen LogP contribution in [0.4, 0.5) is 11.5 Å². The van der Waals surface area contributed by atoms with Gasteiger partial charge in [0.1, 0.15) is 18.2 Å². The van der Waals surface area contributed by atoms with Crippen LogP contribution in [-0.2, 0) is 12.8 Å². The molecule has 19 heavy (non-hydrogen) atoms. The summed E-state index contributed by atoms with van der Waals surface area (Å²) in [4.78, 5) is 12.5. The molecule has 0 aromatic carbocycles. The maximum absolute atomic E-state index is 9.24. The van der Waals surface area contributed by atoms with Crippen molar-refractivity contribution in [3.05, 3.63) is 41.6 Å². The van der Waals surface area contributed by atoms with E-state index in [0.717, 1.165) is 24.2 Å². The zero-order chi connectivity index (χ0) is 13.1. The Labute approximate surface area is 111 Å². The predicted molar refractivity (Wildman–Crippen MR) is 70.9 cm³/mol. The smallest absolute Gasteiger partial charge is 0.148 e. The first-order valence-corrected chi connectivity index (χ1v) is 6.32. The summed E-state index contributed by atoms with van der Waals surface area (Å²) in [6.07, 6.45) is 9.15. The maximum atomic E-state index is 9.24. The van der Waals surface area contributed by atoms with Crippen molar-refractivity contribution in [1.82, 2.24) is 15.0 Å². The van der Waals surface area contributed by atoms with Gasteiger partial charge in [0.2, 0.25) is 0 Å². The molecule has 1 aliphatic rings. The summed E-state index contributed by atoms with van der Waals surface area (Å²) < 4.78 is 0. The fraction of sp³-hybridized carbons (Fsp3) is 0.286. The topological polar surface area (TPSA) is 74.5 Å². The number of fused-ring (bicyclic) bond motifs is 1. The second-order valence-corrected chi connectivity index (χ2v) is 4.56. The molecule has 0 fully saturated rings. The third-order valence-electron chi connectivity index (χ3n) is 3.24. The van der Waals surface area contributed by atoms with Gasteiger partial charge in [-0.15, -0.1) is 0 Å². The molecule has 0 saturated heterocycles. The van der Waals surface area contributed by atoms with Crippen LogP contribution in [0.25, 0.3) is 0 Å².